The Hall–Kier alpha value is -2.97. The highest BCUT2D eigenvalue weighted by molar-refractivity contribution is 7.79. The number of carbonyl (C=O) groups is 2. The van der Waals surface area contributed by atoms with E-state index in [1.54, 1.807) is 13.8 Å². The topological polar surface area (TPSA) is 60.4 Å². The van der Waals surface area contributed by atoms with Crippen molar-refractivity contribution in [3.63, 3.8) is 0 Å². The van der Waals surface area contributed by atoms with Crippen LogP contribution < -0.4 is 10.6 Å². The van der Waals surface area contributed by atoms with Crippen LogP contribution in [0.3, 0.4) is 0 Å². The summed E-state index contributed by atoms with van der Waals surface area (Å²) in [4.78, 5) is 25.0. The molecule has 0 N–H and O–H groups in total. The zero-order valence-corrected chi connectivity index (χ0v) is 18.0. The van der Waals surface area contributed by atoms with E-state index in [4.69, 9.17) is 4.74 Å². The number of rotatable bonds is 8. The van der Waals surface area contributed by atoms with Crippen molar-refractivity contribution in [1.82, 2.24) is 0 Å². The molecule has 3 aromatic carbocycles. The number of benzene rings is 3. The van der Waals surface area contributed by atoms with Crippen LogP contribution in [0.4, 0.5) is 0 Å². The van der Waals surface area contributed by atoms with Crippen molar-refractivity contribution in [3.8, 4) is 0 Å². The van der Waals surface area contributed by atoms with Crippen LogP contribution in [0.5, 0.6) is 0 Å². The molecule has 0 amide bonds. The van der Waals surface area contributed by atoms with E-state index in [2.05, 4.69) is 0 Å². The van der Waals surface area contributed by atoms with Crippen LogP contribution in [-0.4, -0.2) is 17.9 Å². The van der Waals surface area contributed by atoms with Crippen LogP contribution in [0, 0.1) is 0 Å². The van der Waals surface area contributed by atoms with E-state index in [0.29, 0.717) is 10.6 Å². The third-order valence-electron chi connectivity index (χ3n) is 4.85. The fourth-order valence-electron chi connectivity index (χ4n) is 3.48. The van der Waals surface area contributed by atoms with Gasteiger partial charge in [0.05, 0.1) is 11.8 Å². The van der Waals surface area contributed by atoms with E-state index in [1.807, 2.05) is 91.0 Å². The van der Waals surface area contributed by atoms with Crippen molar-refractivity contribution in [1.29, 1.82) is 0 Å². The Morgan fingerprint density at radius 3 is 1.63 bits per heavy atom. The summed E-state index contributed by atoms with van der Waals surface area (Å²) in [6, 6.07) is 27.6. The Morgan fingerprint density at radius 1 is 0.767 bits per heavy atom. The maximum absolute atomic E-state index is 14.8. The molecule has 0 saturated carbocycles. The van der Waals surface area contributed by atoms with Gasteiger partial charge in [-0.1, -0.05) is 91.0 Å². The lowest BCUT2D eigenvalue weighted by atomic mass is 10.1. The third-order valence-corrected chi connectivity index (χ3v) is 8.34. The van der Waals surface area contributed by atoms with E-state index in [9.17, 15) is 14.2 Å². The van der Waals surface area contributed by atoms with Gasteiger partial charge in [-0.15, -0.1) is 0 Å². The summed E-state index contributed by atoms with van der Waals surface area (Å²) in [5.41, 5.74) is 0.0648. The highest BCUT2D eigenvalue weighted by Crippen LogP contribution is 2.58. The first-order chi connectivity index (χ1) is 14.4. The molecule has 3 aromatic rings. The standard InChI is InChI=1S/C25H25O4P/c1-19(2)29-25(27)23(26)18-24(20-12-6-3-7-13-20)30(28,21-14-8-4-9-15-21)22-16-10-5-11-17-22/h3-17,19,24H,18H2,1-2H3. The monoisotopic (exact) mass is 420 g/mol. The van der Waals surface area contributed by atoms with Gasteiger partial charge in [0.25, 0.3) is 0 Å². The van der Waals surface area contributed by atoms with Crippen LogP contribution in [0.25, 0.3) is 0 Å². The molecule has 1 unspecified atom stereocenters. The molecule has 1 atom stereocenters. The number of carbonyl (C=O) groups excluding carboxylic acids is 2. The second-order valence-corrected chi connectivity index (χ2v) is 10.3. The van der Waals surface area contributed by atoms with Gasteiger partial charge in [0.1, 0.15) is 0 Å². The van der Waals surface area contributed by atoms with Gasteiger partial charge < -0.3 is 9.30 Å². The normalized spacial score (nSPS) is 12.4. The Morgan fingerprint density at radius 2 is 1.20 bits per heavy atom. The first kappa shape index (κ1) is 21.7. The first-order valence-electron chi connectivity index (χ1n) is 9.92. The van der Waals surface area contributed by atoms with Gasteiger partial charge >= 0.3 is 5.97 Å². The molecule has 0 aliphatic carbocycles. The molecule has 30 heavy (non-hydrogen) atoms. The Bertz CT molecular complexity index is 987. The number of esters is 1. The second-order valence-electron chi connectivity index (χ2n) is 7.34. The fraction of sp³-hybridized carbons (Fsp3) is 0.200. The molecule has 0 radical (unpaired) electrons. The lowest BCUT2D eigenvalue weighted by Crippen LogP contribution is -2.27. The van der Waals surface area contributed by atoms with Gasteiger partial charge in [-0.05, 0) is 19.4 Å². The number of hydrogen-bond acceptors (Lipinski definition) is 4. The van der Waals surface area contributed by atoms with E-state index in [-0.39, 0.29) is 6.42 Å². The number of ether oxygens (including phenoxy) is 1. The van der Waals surface area contributed by atoms with Gasteiger partial charge in [0, 0.05) is 17.0 Å². The van der Waals surface area contributed by atoms with Crippen LogP contribution in [0.1, 0.15) is 31.5 Å². The molecule has 0 aromatic heterocycles. The Balaban J connectivity index is 2.15. The van der Waals surface area contributed by atoms with Crippen LogP contribution in [0.15, 0.2) is 91.0 Å². The predicted octanol–water partition coefficient (Wildman–Crippen LogP) is 4.65. The highest BCUT2D eigenvalue weighted by Gasteiger charge is 2.40. The van der Waals surface area contributed by atoms with Gasteiger partial charge in [-0.25, -0.2) is 4.79 Å². The van der Waals surface area contributed by atoms with Gasteiger partial charge in [-0.3, -0.25) is 4.79 Å². The van der Waals surface area contributed by atoms with Crippen molar-refractivity contribution in [3.05, 3.63) is 96.6 Å². The zero-order chi connectivity index (χ0) is 21.6. The van der Waals surface area contributed by atoms with Crippen molar-refractivity contribution in [2.75, 3.05) is 0 Å². The maximum atomic E-state index is 14.8. The maximum Gasteiger partial charge on any atom is 0.374 e. The first-order valence-corrected chi connectivity index (χ1v) is 11.7. The summed E-state index contributed by atoms with van der Waals surface area (Å²) in [5, 5.41) is 1.30. The van der Waals surface area contributed by atoms with Crippen molar-refractivity contribution < 1.29 is 18.9 Å². The van der Waals surface area contributed by atoms with Crippen molar-refractivity contribution in [2.45, 2.75) is 32.0 Å². The lowest BCUT2D eigenvalue weighted by molar-refractivity contribution is -0.156. The van der Waals surface area contributed by atoms with E-state index in [1.165, 1.54) is 0 Å². The van der Waals surface area contributed by atoms with E-state index in [0.717, 1.165) is 5.56 Å². The molecule has 0 saturated heterocycles. The zero-order valence-electron chi connectivity index (χ0n) is 17.1. The summed E-state index contributed by atoms with van der Waals surface area (Å²) < 4.78 is 19.9. The third kappa shape index (κ3) is 4.77. The lowest BCUT2D eigenvalue weighted by Gasteiger charge is -2.29. The van der Waals surface area contributed by atoms with E-state index >= 15 is 0 Å². The molecule has 154 valence electrons. The molecule has 0 aliphatic rings. The average Bonchev–Trinajstić information content (AvgIpc) is 2.78. The molecular formula is C25H25O4P. The molecule has 5 heteroatoms. The van der Waals surface area contributed by atoms with Crippen LogP contribution in [-0.2, 0) is 18.9 Å². The quantitative estimate of drug-likeness (QED) is 0.302. The van der Waals surface area contributed by atoms with Gasteiger partial charge in [0.15, 0.2) is 7.14 Å². The molecule has 3 rings (SSSR count). The molecule has 0 spiro atoms. The number of ketones is 1. The number of Topliss-reactive ketones (excluding diaryl/α,β-unsaturated/α-hetero) is 1. The minimum Gasteiger partial charge on any atom is -0.457 e. The molecule has 0 heterocycles. The number of hydrogen-bond donors (Lipinski definition) is 0. The Kier molecular flexibility index (Phi) is 7.02. The smallest absolute Gasteiger partial charge is 0.374 e. The molecule has 0 aliphatic heterocycles. The Labute approximate surface area is 177 Å². The van der Waals surface area contributed by atoms with Crippen molar-refractivity contribution in [2.24, 2.45) is 0 Å². The van der Waals surface area contributed by atoms with Gasteiger partial charge in [-0.2, -0.15) is 0 Å². The summed E-state index contributed by atoms with van der Waals surface area (Å²) >= 11 is 0. The van der Waals surface area contributed by atoms with Crippen molar-refractivity contribution >= 4 is 29.5 Å². The summed E-state index contributed by atoms with van der Waals surface area (Å²) in [6.07, 6.45) is -0.594. The van der Waals surface area contributed by atoms with Crippen LogP contribution >= 0.6 is 7.14 Å². The highest BCUT2D eigenvalue weighted by atomic mass is 31.2. The van der Waals surface area contributed by atoms with Crippen LogP contribution in [0.2, 0.25) is 0 Å². The molecule has 4 nitrogen and oxygen atoms in total. The predicted molar refractivity (Wildman–Crippen MR) is 120 cm³/mol. The minimum atomic E-state index is -3.31. The SMILES string of the molecule is CC(C)OC(=O)C(=O)CC(c1ccccc1)P(=O)(c1ccccc1)c1ccccc1. The summed E-state index contributed by atoms with van der Waals surface area (Å²) in [5.74, 6) is -1.57. The van der Waals surface area contributed by atoms with E-state index < -0.39 is 30.7 Å². The molecule has 0 bridgehead atoms. The average molecular weight is 420 g/mol. The summed E-state index contributed by atoms with van der Waals surface area (Å²) in [7, 11) is -3.31. The second kappa shape index (κ2) is 9.69. The van der Waals surface area contributed by atoms with Gasteiger partial charge in [0.2, 0.25) is 5.78 Å². The molecule has 0 fully saturated rings. The minimum absolute atomic E-state index is 0.198. The molecular weight excluding hydrogens is 395 g/mol. The fourth-order valence-corrected chi connectivity index (χ4v) is 6.74. The largest absolute Gasteiger partial charge is 0.457 e. The summed E-state index contributed by atoms with van der Waals surface area (Å²) in [6.45, 7) is 3.39.